The molecule has 0 bridgehead atoms. The minimum Gasteiger partial charge on any atom is -0.383 e. The molecule has 0 aromatic carbocycles. The molecule has 1 atom stereocenters. The molecule has 1 aliphatic carbocycles. The lowest BCUT2D eigenvalue weighted by Gasteiger charge is -2.51. The zero-order chi connectivity index (χ0) is 13.0. The summed E-state index contributed by atoms with van der Waals surface area (Å²) in [4.78, 5) is 14.5. The number of carbonyl (C=O) groups is 1. The van der Waals surface area contributed by atoms with Gasteiger partial charge in [-0.1, -0.05) is 13.3 Å². The number of hydrogen-bond acceptors (Lipinski definition) is 3. The second-order valence-electron chi connectivity index (χ2n) is 5.75. The summed E-state index contributed by atoms with van der Waals surface area (Å²) in [6.07, 6.45) is 6.35. The second kappa shape index (κ2) is 6.02. The maximum atomic E-state index is 12.2. The standard InChI is InChI=1S/C14H26N2O2/c1-3-16-11-14(6-4-7-14)8-5-12(16)13(17)15-9-10-18-2/h12H,3-11H2,1-2H3,(H,15,17). The number of ether oxygens (including phenoxy) is 1. The molecule has 2 rings (SSSR count). The van der Waals surface area contributed by atoms with Crippen molar-refractivity contribution in [2.75, 3.05) is 33.4 Å². The van der Waals surface area contributed by atoms with Crippen molar-refractivity contribution in [2.24, 2.45) is 5.41 Å². The Labute approximate surface area is 110 Å². The molecule has 104 valence electrons. The number of methoxy groups -OCH3 is 1. The number of likely N-dealkylation sites (tertiary alicyclic amines) is 1. The average molecular weight is 254 g/mol. The van der Waals surface area contributed by atoms with Crippen LogP contribution in [-0.4, -0.2) is 50.2 Å². The summed E-state index contributed by atoms with van der Waals surface area (Å²) in [5.41, 5.74) is 0.555. The van der Waals surface area contributed by atoms with Crippen LogP contribution in [0.5, 0.6) is 0 Å². The maximum Gasteiger partial charge on any atom is 0.237 e. The number of piperidine rings is 1. The van der Waals surface area contributed by atoms with E-state index in [1.54, 1.807) is 7.11 Å². The van der Waals surface area contributed by atoms with Gasteiger partial charge in [-0.3, -0.25) is 9.69 Å². The molecule has 2 fully saturated rings. The van der Waals surface area contributed by atoms with Crippen LogP contribution >= 0.6 is 0 Å². The number of hydrogen-bond donors (Lipinski definition) is 1. The van der Waals surface area contributed by atoms with Gasteiger partial charge in [0.25, 0.3) is 0 Å². The van der Waals surface area contributed by atoms with Gasteiger partial charge in [-0.05, 0) is 37.6 Å². The van der Waals surface area contributed by atoms with Crippen LogP contribution in [0.2, 0.25) is 0 Å². The molecule has 0 aromatic rings. The fourth-order valence-corrected chi connectivity index (χ4v) is 3.35. The van der Waals surface area contributed by atoms with Crippen molar-refractivity contribution in [1.29, 1.82) is 0 Å². The van der Waals surface area contributed by atoms with Crippen LogP contribution in [0.3, 0.4) is 0 Å². The van der Waals surface area contributed by atoms with Crippen LogP contribution in [0, 0.1) is 5.41 Å². The van der Waals surface area contributed by atoms with E-state index >= 15 is 0 Å². The van der Waals surface area contributed by atoms with Gasteiger partial charge in [-0.15, -0.1) is 0 Å². The highest BCUT2D eigenvalue weighted by molar-refractivity contribution is 5.81. The van der Waals surface area contributed by atoms with Crippen molar-refractivity contribution in [2.45, 2.75) is 45.1 Å². The highest BCUT2D eigenvalue weighted by atomic mass is 16.5. The third-order valence-electron chi connectivity index (χ3n) is 4.66. The SMILES string of the molecule is CCN1CC2(CCC2)CCC1C(=O)NCCOC. The van der Waals surface area contributed by atoms with E-state index in [-0.39, 0.29) is 11.9 Å². The number of carbonyl (C=O) groups excluding carboxylic acids is 1. The number of rotatable bonds is 5. The van der Waals surface area contributed by atoms with Gasteiger partial charge >= 0.3 is 0 Å². The second-order valence-corrected chi connectivity index (χ2v) is 5.75. The summed E-state index contributed by atoms with van der Waals surface area (Å²) in [7, 11) is 1.66. The predicted octanol–water partition coefficient (Wildman–Crippen LogP) is 1.40. The van der Waals surface area contributed by atoms with E-state index in [2.05, 4.69) is 17.1 Å². The minimum atomic E-state index is 0.0816. The topological polar surface area (TPSA) is 41.6 Å². The Morgan fingerprint density at radius 1 is 1.44 bits per heavy atom. The Bertz CT molecular complexity index is 290. The molecule has 1 saturated heterocycles. The first-order chi connectivity index (χ1) is 8.71. The van der Waals surface area contributed by atoms with Crippen molar-refractivity contribution >= 4 is 5.91 Å². The first kappa shape index (κ1) is 13.8. The summed E-state index contributed by atoms with van der Waals surface area (Å²) in [5, 5.41) is 2.98. The van der Waals surface area contributed by atoms with Gasteiger partial charge in [0.05, 0.1) is 12.6 Å². The van der Waals surface area contributed by atoms with Crippen molar-refractivity contribution < 1.29 is 9.53 Å². The lowest BCUT2D eigenvalue weighted by Crippen LogP contribution is -2.56. The molecule has 0 aromatic heterocycles. The van der Waals surface area contributed by atoms with E-state index in [4.69, 9.17) is 4.74 Å². The van der Waals surface area contributed by atoms with E-state index in [1.165, 1.54) is 25.7 Å². The van der Waals surface area contributed by atoms with Gasteiger partial charge in [0.2, 0.25) is 5.91 Å². The third kappa shape index (κ3) is 2.86. The molecular weight excluding hydrogens is 228 g/mol. The average Bonchev–Trinajstić information content (AvgIpc) is 2.36. The van der Waals surface area contributed by atoms with Gasteiger partial charge in [0.1, 0.15) is 0 Å². The lowest BCUT2D eigenvalue weighted by molar-refractivity contribution is -0.131. The zero-order valence-electron chi connectivity index (χ0n) is 11.7. The predicted molar refractivity (Wildman–Crippen MR) is 71.4 cm³/mol. The normalized spacial score (nSPS) is 26.9. The van der Waals surface area contributed by atoms with Crippen LogP contribution < -0.4 is 5.32 Å². The summed E-state index contributed by atoms with van der Waals surface area (Å²) in [6, 6.07) is 0.0816. The van der Waals surface area contributed by atoms with Gasteiger partial charge in [-0.2, -0.15) is 0 Å². The lowest BCUT2D eigenvalue weighted by atomic mass is 9.63. The van der Waals surface area contributed by atoms with E-state index in [0.717, 1.165) is 19.5 Å². The molecule has 4 heteroatoms. The molecular formula is C14H26N2O2. The van der Waals surface area contributed by atoms with Crippen LogP contribution in [0.25, 0.3) is 0 Å². The van der Waals surface area contributed by atoms with Gasteiger partial charge in [0, 0.05) is 20.2 Å². The Balaban J connectivity index is 1.86. The summed E-state index contributed by atoms with van der Waals surface area (Å²) in [6.45, 7) is 5.46. The first-order valence-electron chi connectivity index (χ1n) is 7.21. The summed E-state index contributed by atoms with van der Waals surface area (Å²) >= 11 is 0. The Hall–Kier alpha value is -0.610. The largest absolute Gasteiger partial charge is 0.383 e. The van der Waals surface area contributed by atoms with Crippen LogP contribution in [0.4, 0.5) is 0 Å². The Morgan fingerprint density at radius 2 is 2.22 bits per heavy atom. The van der Waals surface area contributed by atoms with E-state index < -0.39 is 0 Å². The molecule has 1 N–H and O–H groups in total. The minimum absolute atomic E-state index is 0.0816. The van der Waals surface area contributed by atoms with Crippen molar-refractivity contribution in [3.8, 4) is 0 Å². The van der Waals surface area contributed by atoms with Gasteiger partial charge < -0.3 is 10.1 Å². The molecule has 1 amide bonds. The van der Waals surface area contributed by atoms with E-state index in [9.17, 15) is 4.79 Å². The molecule has 4 nitrogen and oxygen atoms in total. The van der Waals surface area contributed by atoms with Crippen molar-refractivity contribution in [3.05, 3.63) is 0 Å². The highest BCUT2D eigenvalue weighted by Gasteiger charge is 2.44. The monoisotopic (exact) mass is 254 g/mol. The van der Waals surface area contributed by atoms with Crippen LogP contribution in [0.15, 0.2) is 0 Å². The molecule has 18 heavy (non-hydrogen) atoms. The van der Waals surface area contributed by atoms with Gasteiger partial charge in [0.15, 0.2) is 0 Å². The smallest absolute Gasteiger partial charge is 0.237 e. The molecule has 0 radical (unpaired) electrons. The first-order valence-corrected chi connectivity index (χ1v) is 7.21. The molecule has 2 aliphatic rings. The third-order valence-corrected chi connectivity index (χ3v) is 4.66. The summed E-state index contributed by atoms with van der Waals surface area (Å²) in [5.74, 6) is 0.183. The van der Waals surface area contributed by atoms with Crippen LogP contribution in [-0.2, 0) is 9.53 Å². The zero-order valence-corrected chi connectivity index (χ0v) is 11.7. The molecule has 1 saturated carbocycles. The Kier molecular flexibility index (Phi) is 4.62. The molecule has 1 heterocycles. The van der Waals surface area contributed by atoms with Crippen molar-refractivity contribution in [3.63, 3.8) is 0 Å². The fourth-order valence-electron chi connectivity index (χ4n) is 3.35. The fraction of sp³-hybridized carbons (Fsp3) is 0.929. The molecule has 1 unspecified atom stereocenters. The number of likely N-dealkylation sites (N-methyl/N-ethyl adjacent to an activating group) is 1. The maximum absolute atomic E-state index is 12.2. The van der Waals surface area contributed by atoms with Crippen molar-refractivity contribution in [1.82, 2.24) is 10.2 Å². The number of amides is 1. The van der Waals surface area contributed by atoms with Crippen LogP contribution in [0.1, 0.15) is 39.0 Å². The Morgan fingerprint density at radius 3 is 2.78 bits per heavy atom. The quantitative estimate of drug-likeness (QED) is 0.754. The molecule has 1 aliphatic heterocycles. The number of nitrogens with one attached hydrogen (secondary N) is 1. The molecule has 1 spiro atoms. The van der Waals surface area contributed by atoms with E-state index in [0.29, 0.717) is 18.6 Å². The van der Waals surface area contributed by atoms with Gasteiger partial charge in [-0.25, -0.2) is 0 Å². The number of nitrogens with zero attached hydrogens (tertiary/aromatic N) is 1. The highest BCUT2D eigenvalue weighted by Crippen LogP contribution is 2.48. The van der Waals surface area contributed by atoms with E-state index in [1.807, 2.05) is 0 Å². The summed E-state index contributed by atoms with van der Waals surface area (Å²) < 4.78 is 4.96.